The van der Waals surface area contributed by atoms with Gasteiger partial charge in [0.15, 0.2) is 0 Å². The Balaban J connectivity index is 2.75. The summed E-state index contributed by atoms with van der Waals surface area (Å²) in [4.78, 5) is 10.2. The van der Waals surface area contributed by atoms with Crippen LogP contribution in [-0.4, -0.2) is 15.6 Å². The van der Waals surface area contributed by atoms with Crippen molar-refractivity contribution in [3.05, 3.63) is 24.0 Å². The molecule has 0 radical (unpaired) electrons. The first-order valence-electron chi connectivity index (χ1n) is 3.00. The molecule has 1 heterocycles. The summed E-state index contributed by atoms with van der Waals surface area (Å²) in [5.74, 6) is -0.912. The van der Waals surface area contributed by atoms with Crippen LogP contribution in [0.1, 0.15) is 5.56 Å². The van der Waals surface area contributed by atoms with E-state index < -0.39 is 5.97 Å². The molecule has 0 aromatic carbocycles. The van der Waals surface area contributed by atoms with Crippen LogP contribution in [0.15, 0.2) is 18.5 Å². The van der Waals surface area contributed by atoms with Crippen molar-refractivity contribution in [1.29, 1.82) is 5.26 Å². The normalized spacial score (nSPS) is 9.00. The molecule has 0 fully saturated rings. The van der Waals surface area contributed by atoms with Gasteiger partial charge in [-0.1, -0.05) is 0 Å². The minimum atomic E-state index is -0.912. The van der Waals surface area contributed by atoms with Crippen molar-refractivity contribution in [2.45, 2.75) is 6.54 Å². The van der Waals surface area contributed by atoms with Crippen molar-refractivity contribution in [2.24, 2.45) is 0 Å². The molecule has 11 heavy (non-hydrogen) atoms. The Labute approximate surface area is 63.3 Å². The Kier molecular flexibility index (Phi) is 1.93. The third-order valence-electron chi connectivity index (χ3n) is 1.20. The minimum Gasteiger partial charge on any atom is -0.480 e. The highest BCUT2D eigenvalue weighted by atomic mass is 16.4. The number of hydrogen-bond donors (Lipinski definition) is 1. The molecular formula is C7H6N2O2. The zero-order valence-electron chi connectivity index (χ0n) is 5.69. The standard InChI is InChI=1S/C7H6N2O2/c8-3-6-1-2-9(4-6)5-7(10)11/h1-2,4H,5H2,(H,10,11). The fourth-order valence-electron chi connectivity index (χ4n) is 0.761. The van der Waals surface area contributed by atoms with Gasteiger partial charge in [-0.2, -0.15) is 5.26 Å². The fourth-order valence-corrected chi connectivity index (χ4v) is 0.761. The average Bonchev–Trinajstić information content (AvgIpc) is 2.34. The number of aromatic nitrogens is 1. The highest BCUT2D eigenvalue weighted by molar-refractivity contribution is 5.66. The molecule has 1 aromatic heterocycles. The molecule has 0 unspecified atom stereocenters. The van der Waals surface area contributed by atoms with Gasteiger partial charge in [0, 0.05) is 12.4 Å². The summed E-state index contributed by atoms with van der Waals surface area (Å²) in [6.45, 7) is -0.0956. The van der Waals surface area contributed by atoms with E-state index in [2.05, 4.69) is 0 Å². The lowest BCUT2D eigenvalue weighted by atomic mass is 10.4. The van der Waals surface area contributed by atoms with E-state index in [1.807, 2.05) is 6.07 Å². The van der Waals surface area contributed by atoms with E-state index >= 15 is 0 Å². The molecule has 56 valence electrons. The van der Waals surface area contributed by atoms with Gasteiger partial charge in [-0.05, 0) is 6.07 Å². The molecule has 0 aliphatic carbocycles. The van der Waals surface area contributed by atoms with Crippen molar-refractivity contribution in [2.75, 3.05) is 0 Å². The third kappa shape index (κ3) is 1.83. The van der Waals surface area contributed by atoms with Crippen LogP contribution >= 0.6 is 0 Å². The van der Waals surface area contributed by atoms with Crippen LogP contribution in [0.3, 0.4) is 0 Å². The first-order chi connectivity index (χ1) is 5.22. The summed E-state index contributed by atoms with van der Waals surface area (Å²) in [6.07, 6.45) is 3.06. The molecule has 1 N–H and O–H groups in total. The van der Waals surface area contributed by atoms with Gasteiger partial charge < -0.3 is 9.67 Å². The lowest BCUT2D eigenvalue weighted by molar-refractivity contribution is -0.137. The monoisotopic (exact) mass is 150 g/mol. The smallest absolute Gasteiger partial charge is 0.323 e. The van der Waals surface area contributed by atoms with E-state index in [4.69, 9.17) is 10.4 Å². The number of carboxylic acid groups (broad SMARTS) is 1. The number of hydrogen-bond acceptors (Lipinski definition) is 2. The predicted molar refractivity (Wildman–Crippen MR) is 36.8 cm³/mol. The van der Waals surface area contributed by atoms with Gasteiger partial charge in [-0.3, -0.25) is 4.79 Å². The van der Waals surface area contributed by atoms with E-state index in [0.29, 0.717) is 5.56 Å². The quantitative estimate of drug-likeness (QED) is 0.665. The van der Waals surface area contributed by atoms with Crippen molar-refractivity contribution >= 4 is 5.97 Å². The number of nitriles is 1. The van der Waals surface area contributed by atoms with Gasteiger partial charge in [0.2, 0.25) is 0 Å². The Bertz CT molecular complexity index is 308. The van der Waals surface area contributed by atoms with Crippen LogP contribution in [0.5, 0.6) is 0 Å². The Morgan fingerprint density at radius 1 is 1.82 bits per heavy atom. The summed E-state index contributed by atoms with van der Waals surface area (Å²) in [5, 5.41) is 16.7. The number of rotatable bonds is 2. The molecule has 1 aromatic rings. The molecule has 0 saturated carbocycles. The number of aliphatic carboxylic acids is 1. The van der Waals surface area contributed by atoms with Crippen molar-refractivity contribution < 1.29 is 9.90 Å². The highest BCUT2D eigenvalue weighted by Crippen LogP contribution is 1.98. The molecule has 4 nitrogen and oxygen atoms in total. The van der Waals surface area contributed by atoms with E-state index in [9.17, 15) is 4.79 Å². The van der Waals surface area contributed by atoms with E-state index in [-0.39, 0.29) is 6.54 Å². The second kappa shape index (κ2) is 2.88. The summed E-state index contributed by atoms with van der Waals surface area (Å²) in [5.41, 5.74) is 0.478. The second-order valence-electron chi connectivity index (χ2n) is 2.08. The zero-order chi connectivity index (χ0) is 8.27. The molecule has 0 aliphatic rings. The predicted octanol–water partition coefficient (Wildman–Crippen LogP) is 0.444. The van der Waals surface area contributed by atoms with Gasteiger partial charge in [0.05, 0.1) is 5.56 Å². The first kappa shape index (κ1) is 7.35. The Morgan fingerprint density at radius 2 is 2.55 bits per heavy atom. The van der Waals surface area contributed by atoms with Gasteiger partial charge in [0.1, 0.15) is 12.6 Å². The van der Waals surface area contributed by atoms with Crippen molar-refractivity contribution in [3.8, 4) is 6.07 Å². The van der Waals surface area contributed by atoms with Gasteiger partial charge in [0.25, 0.3) is 0 Å². The molecule has 0 bridgehead atoms. The maximum absolute atomic E-state index is 10.2. The molecule has 0 saturated heterocycles. The van der Waals surface area contributed by atoms with Crippen LogP contribution in [0, 0.1) is 11.3 Å². The van der Waals surface area contributed by atoms with Crippen LogP contribution < -0.4 is 0 Å². The minimum absolute atomic E-state index is 0.0956. The van der Waals surface area contributed by atoms with Crippen LogP contribution in [0.2, 0.25) is 0 Å². The number of nitrogens with zero attached hydrogens (tertiary/aromatic N) is 2. The number of carbonyl (C=O) groups is 1. The molecule has 0 aliphatic heterocycles. The molecule has 0 atom stereocenters. The van der Waals surface area contributed by atoms with Gasteiger partial charge >= 0.3 is 5.97 Å². The van der Waals surface area contributed by atoms with E-state index in [0.717, 1.165) is 0 Å². The Hall–Kier alpha value is -1.76. The van der Waals surface area contributed by atoms with E-state index in [1.54, 1.807) is 12.3 Å². The highest BCUT2D eigenvalue weighted by Gasteiger charge is 1.98. The summed E-state index contributed by atoms with van der Waals surface area (Å²) < 4.78 is 1.45. The third-order valence-corrected chi connectivity index (χ3v) is 1.20. The lowest BCUT2D eigenvalue weighted by Crippen LogP contribution is -2.05. The van der Waals surface area contributed by atoms with Crippen LogP contribution in [-0.2, 0) is 11.3 Å². The lowest BCUT2D eigenvalue weighted by Gasteiger charge is -1.93. The molecule has 0 amide bonds. The van der Waals surface area contributed by atoms with Crippen molar-refractivity contribution in [1.82, 2.24) is 4.57 Å². The maximum atomic E-state index is 10.2. The Morgan fingerprint density at radius 3 is 3.00 bits per heavy atom. The summed E-state index contributed by atoms with van der Waals surface area (Å²) in [6, 6.07) is 3.48. The van der Waals surface area contributed by atoms with Gasteiger partial charge in [-0.25, -0.2) is 0 Å². The first-order valence-corrected chi connectivity index (χ1v) is 3.00. The fraction of sp³-hybridized carbons (Fsp3) is 0.143. The molecular weight excluding hydrogens is 144 g/mol. The summed E-state index contributed by atoms with van der Waals surface area (Å²) >= 11 is 0. The SMILES string of the molecule is N#Cc1ccn(CC(=O)O)c1. The maximum Gasteiger partial charge on any atom is 0.323 e. The van der Waals surface area contributed by atoms with Crippen LogP contribution in [0.4, 0.5) is 0 Å². The molecule has 1 rings (SSSR count). The van der Waals surface area contributed by atoms with Crippen molar-refractivity contribution in [3.63, 3.8) is 0 Å². The topological polar surface area (TPSA) is 66.0 Å². The van der Waals surface area contributed by atoms with Crippen LogP contribution in [0.25, 0.3) is 0 Å². The van der Waals surface area contributed by atoms with Gasteiger partial charge in [-0.15, -0.1) is 0 Å². The second-order valence-corrected chi connectivity index (χ2v) is 2.08. The largest absolute Gasteiger partial charge is 0.480 e. The average molecular weight is 150 g/mol. The summed E-state index contributed by atoms with van der Waals surface area (Å²) in [7, 11) is 0. The molecule has 0 spiro atoms. The molecule has 4 heteroatoms. The zero-order valence-corrected chi connectivity index (χ0v) is 5.69. The van der Waals surface area contributed by atoms with E-state index in [1.165, 1.54) is 10.8 Å². The number of carboxylic acids is 1.